The number of rotatable bonds is 5. The highest BCUT2D eigenvalue weighted by molar-refractivity contribution is 8.01. The summed E-state index contributed by atoms with van der Waals surface area (Å²) in [6.45, 7) is 6.35. The Balaban J connectivity index is 1.62. The Bertz CT molecular complexity index is 476. The molecule has 21 heavy (non-hydrogen) atoms. The van der Waals surface area contributed by atoms with Gasteiger partial charge in [-0.3, -0.25) is 4.99 Å². The minimum Gasteiger partial charge on any atom is -0.357 e. The lowest BCUT2D eigenvalue weighted by Gasteiger charge is -2.22. The summed E-state index contributed by atoms with van der Waals surface area (Å²) in [5.41, 5.74) is 0. The van der Waals surface area contributed by atoms with E-state index in [0.29, 0.717) is 4.75 Å². The summed E-state index contributed by atoms with van der Waals surface area (Å²) in [5.74, 6) is 1.12. The highest BCUT2D eigenvalue weighted by Crippen LogP contribution is 2.51. The van der Waals surface area contributed by atoms with Crippen molar-refractivity contribution in [1.29, 1.82) is 0 Å². The first-order valence-electron chi connectivity index (χ1n) is 8.09. The van der Waals surface area contributed by atoms with E-state index < -0.39 is 0 Å². The third-order valence-electron chi connectivity index (χ3n) is 4.14. The van der Waals surface area contributed by atoms with E-state index in [9.17, 15) is 0 Å². The maximum atomic E-state index is 4.94. The first kappa shape index (κ1) is 14.8. The molecule has 1 N–H and O–H groups in total. The molecule has 1 aliphatic carbocycles. The van der Waals surface area contributed by atoms with Gasteiger partial charge in [0.15, 0.2) is 5.96 Å². The standard InChI is InChI=1S/C17H25N3S/c1-2-18-16(20-12-6-7-13-20)19-14-17(10-11-17)21-15-8-4-3-5-9-15/h3-5,8-9H,2,6-7,10-14H2,1H3,(H,18,19). The van der Waals surface area contributed by atoms with E-state index in [1.807, 2.05) is 11.8 Å². The highest BCUT2D eigenvalue weighted by Gasteiger charge is 2.43. The number of nitrogens with one attached hydrogen (secondary N) is 1. The summed E-state index contributed by atoms with van der Waals surface area (Å²) in [6.07, 6.45) is 5.17. The van der Waals surface area contributed by atoms with E-state index in [2.05, 4.69) is 47.5 Å². The van der Waals surface area contributed by atoms with Crippen LogP contribution in [-0.4, -0.2) is 41.8 Å². The van der Waals surface area contributed by atoms with Crippen molar-refractivity contribution in [3.63, 3.8) is 0 Å². The summed E-state index contributed by atoms with van der Waals surface area (Å²) in [4.78, 5) is 8.72. The number of hydrogen-bond donors (Lipinski definition) is 1. The zero-order valence-corrected chi connectivity index (χ0v) is 13.7. The van der Waals surface area contributed by atoms with E-state index in [4.69, 9.17) is 4.99 Å². The van der Waals surface area contributed by atoms with Crippen LogP contribution >= 0.6 is 11.8 Å². The van der Waals surface area contributed by atoms with Crippen LogP contribution in [-0.2, 0) is 0 Å². The quantitative estimate of drug-likeness (QED) is 0.667. The second kappa shape index (κ2) is 6.73. The average Bonchev–Trinajstić information content (AvgIpc) is 3.05. The largest absolute Gasteiger partial charge is 0.357 e. The number of hydrogen-bond acceptors (Lipinski definition) is 2. The third-order valence-corrected chi connectivity index (χ3v) is 5.62. The molecule has 114 valence electrons. The summed E-state index contributed by atoms with van der Waals surface area (Å²) < 4.78 is 0.349. The molecule has 0 radical (unpaired) electrons. The fourth-order valence-electron chi connectivity index (χ4n) is 2.74. The molecule has 1 saturated carbocycles. The van der Waals surface area contributed by atoms with Gasteiger partial charge in [0.25, 0.3) is 0 Å². The van der Waals surface area contributed by atoms with Gasteiger partial charge in [-0.1, -0.05) is 18.2 Å². The van der Waals surface area contributed by atoms with E-state index in [1.54, 1.807) is 0 Å². The molecule has 0 aromatic heterocycles. The van der Waals surface area contributed by atoms with Crippen LogP contribution in [0.15, 0.2) is 40.2 Å². The molecule has 0 bridgehead atoms. The number of guanidine groups is 1. The fraction of sp³-hybridized carbons (Fsp3) is 0.588. The Labute approximate surface area is 132 Å². The van der Waals surface area contributed by atoms with Crippen LogP contribution in [0.1, 0.15) is 32.6 Å². The van der Waals surface area contributed by atoms with Crippen LogP contribution in [0, 0.1) is 0 Å². The molecule has 1 heterocycles. The van der Waals surface area contributed by atoms with E-state index in [1.165, 1.54) is 30.6 Å². The fourth-order valence-corrected chi connectivity index (χ4v) is 3.97. The van der Waals surface area contributed by atoms with Crippen LogP contribution in [0.3, 0.4) is 0 Å². The Hall–Kier alpha value is -1.16. The van der Waals surface area contributed by atoms with Crippen LogP contribution in [0.4, 0.5) is 0 Å². The number of thioether (sulfide) groups is 1. The molecule has 4 heteroatoms. The number of likely N-dealkylation sites (tertiary alicyclic amines) is 1. The Morgan fingerprint density at radius 2 is 1.95 bits per heavy atom. The first-order valence-corrected chi connectivity index (χ1v) is 8.90. The molecule has 0 amide bonds. The topological polar surface area (TPSA) is 27.6 Å². The van der Waals surface area contributed by atoms with E-state index in [-0.39, 0.29) is 0 Å². The number of nitrogens with zero attached hydrogens (tertiary/aromatic N) is 2. The van der Waals surface area contributed by atoms with Crippen molar-refractivity contribution in [2.75, 3.05) is 26.2 Å². The van der Waals surface area contributed by atoms with E-state index >= 15 is 0 Å². The molecular formula is C17H25N3S. The molecule has 2 aliphatic rings. The molecular weight excluding hydrogens is 278 g/mol. The van der Waals surface area contributed by atoms with Gasteiger partial charge in [-0.2, -0.15) is 0 Å². The van der Waals surface area contributed by atoms with E-state index in [0.717, 1.165) is 32.1 Å². The predicted molar refractivity (Wildman–Crippen MR) is 91.0 cm³/mol. The Morgan fingerprint density at radius 1 is 1.24 bits per heavy atom. The molecule has 3 nitrogen and oxygen atoms in total. The molecule has 3 rings (SSSR count). The molecule has 1 aromatic carbocycles. The minimum atomic E-state index is 0.349. The van der Waals surface area contributed by atoms with Gasteiger partial charge in [-0.25, -0.2) is 0 Å². The summed E-state index contributed by atoms with van der Waals surface area (Å²) >= 11 is 2.01. The van der Waals surface area contributed by atoms with Gasteiger partial charge in [-0.15, -0.1) is 11.8 Å². The van der Waals surface area contributed by atoms with Crippen LogP contribution in [0.2, 0.25) is 0 Å². The number of benzene rings is 1. The highest BCUT2D eigenvalue weighted by atomic mass is 32.2. The molecule has 0 spiro atoms. The second-order valence-corrected chi connectivity index (χ2v) is 7.50. The predicted octanol–water partition coefficient (Wildman–Crippen LogP) is 3.37. The van der Waals surface area contributed by atoms with Crippen LogP contribution < -0.4 is 5.32 Å². The lowest BCUT2D eigenvalue weighted by molar-refractivity contribution is 0.493. The SMILES string of the molecule is CCNC(=NCC1(Sc2ccccc2)CC1)N1CCCC1. The summed E-state index contributed by atoms with van der Waals surface area (Å²) in [7, 11) is 0. The maximum absolute atomic E-state index is 4.94. The van der Waals surface area contributed by atoms with Gasteiger partial charge in [-0.05, 0) is 44.7 Å². The van der Waals surface area contributed by atoms with Crippen molar-refractivity contribution < 1.29 is 0 Å². The zero-order valence-electron chi connectivity index (χ0n) is 12.8. The van der Waals surface area contributed by atoms with Crippen molar-refractivity contribution in [2.45, 2.75) is 42.2 Å². The lowest BCUT2D eigenvalue weighted by Crippen LogP contribution is -2.40. The smallest absolute Gasteiger partial charge is 0.193 e. The van der Waals surface area contributed by atoms with Crippen molar-refractivity contribution in [3.8, 4) is 0 Å². The van der Waals surface area contributed by atoms with Crippen LogP contribution in [0.5, 0.6) is 0 Å². The lowest BCUT2D eigenvalue weighted by atomic mass is 10.4. The van der Waals surface area contributed by atoms with Gasteiger partial charge >= 0.3 is 0 Å². The first-order chi connectivity index (χ1) is 10.3. The molecule has 0 unspecified atom stereocenters. The average molecular weight is 303 g/mol. The maximum Gasteiger partial charge on any atom is 0.193 e. The molecule has 0 atom stereocenters. The molecule has 1 aromatic rings. The third kappa shape index (κ3) is 3.94. The molecule has 2 fully saturated rings. The Morgan fingerprint density at radius 3 is 2.57 bits per heavy atom. The summed E-state index contributed by atoms with van der Waals surface area (Å²) in [6, 6.07) is 10.7. The number of aliphatic imine (C=N–C) groups is 1. The summed E-state index contributed by atoms with van der Waals surface area (Å²) in [5, 5.41) is 3.46. The Kier molecular flexibility index (Phi) is 4.73. The molecule has 1 saturated heterocycles. The normalized spacial score (nSPS) is 20.6. The van der Waals surface area contributed by atoms with Gasteiger partial charge in [0.2, 0.25) is 0 Å². The van der Waals surface area contributed by atoms with Gasteiger partial charge in [0.05, 0.1) is 6.54 Å². The van der Waals surface area contributed by atoms with Crippen molar-refractivity contribution >= 4 is 17.7 Å². The van der Waals surface area contributed by atoms with Crippen LogP contribution in [0.25, 0.3) is 0 Å². The van der Waals surface area contributed by atoms with Crippen molar-refractivity contribution in [1.82, 2.24) is 10.2 Å². The zero-order chi connectivity index (χ0) is 14.5. The van der Waals surface area contributed by atoms with Gasteiger partial charge in [0.1, 0.15) is 0 Å². The van der Waals surface area contributed by atoms with Gasteiger partial charge < -0.3 is 10.2 Å². The molecule has 1 aliphatic heterocycles. The van der Waals surface area contributed by atoms with Gasteiger partial charge in [0, 0.05) is 29.3 Å². The monoisotopic (exact) mass is 303 g/mol. The van der Waals surface area contributed by atoms with Crippen molar-refractivity contribution in [3.05, 3.63) is 30.3 Å². The van der Waals surface area contributed by atoms with Crippen molar-refractivity contribution in [2.24, 2.45) is 4.99 Å². The minimum absolute atomic E-state index is 0.349. The second-order valence-electron chi connectivity index (χ2n) is 5.96.